The molecular weight excluding hydrogens is 152 g/mol. The fourth-order valence-electron chi connectivity index (χ4n) is 2.84. The van der Waals surface area contributed by atoms with Crippen LogP contribution in [0.4, 0.5) is 0 Å². The maximum atomic E-state index is 11.5. The Hall–Kier alpha value is -0.660. The highest BCUT2D eigenvalue weighted by molar-refractivity contribution is 5.87. The van der Waals surface area contributed by atoms with Gasteiger partial charge in [-0.1, -0.05) is 6.42 Å². The van der Waals surface area contributed by atoms with Crippen LogP contribution in [0.2, 0.25) is 0 Å². The molecule has 2 atom stereocenters. The lowest BCUT2D eigenvalue weighted by molar-refractivity contribution is -0.135. The monoisotopic (exact) mass is 166 g/mol. The Kier molecular flexibility index (Phi) is 1.78. The van der Waals surface area contributed by atoms with Crippen LogP contribution in [-0.4, -0.2) is 12.1 Å². The smallest absolute Gasteiger partial charge is 0.136 e. The summed E-state index contributed by atoms with van der Waals surface area (Å²) in [4.78, 5) is 22.4. The summed E-state index contributed by atoms with van der Waals surface area (Å²) in [7, 11) is 0. The Morgan fingerprint density at radius 1 is 1.33 bits per heavy atom. The van der Waals surface area contributed by atoms with Crippen molar-refractivity contribution in [3.63, 3.8) is 0 Å². The zero-order valence-corrected chi connectivity index (χ0v) is 7.21. The zero-order chi connectivity index (χ0) is 8.60. The van der Waals surface area contributed by atoms with Crippen LogP contribution < -0.4 is 0 Å². The van der Waals surface area contributed by atoms with Crippen LogP contribution in [0.3, 0.4) is 0 Å². The van der Waals surface area contributed by atoms with Crippen LogP contribution in [0.5, 0.6) is 0 Å². The molecule has 2 saturated carbocycles. The van der Waals surface area contributed by atoms with Crippen LogP contribution in [-0.2, 0) is 9.59 Å². The van der Waals surface area contributed by atoms with Crippen molar-refractivity contribution in [1.82, 2.24) is 0 Å². The standard InChI is InChI=1S/C10H14O2/c11-7-10-5-1-3-8(10)9(12)4-2-6-10/h7-8H,1-6H2. The molecule has 0 heterocycles. The van der Waals surface area contributed by atoms with Crippen molar-refractivity contribution in [2.24, 2.45) is 11.3 Å². The quantitative estimate of drug-likeness (QED) is 0.556. The molecule has 2 heteroatoms. The van der Waals surface area contributed by atoms with Crippen molar-refractivity contribution in [2.75, 3.05) is 0 Å². The molecule has 0 amide bonds. The number of fused-ring (bicyclic) bond motifs is 1. The molecule has 2 rings (SSSR count). The minimum absolute atomic E-state index is 0.0868. The molecule has 12 heavy (non-hydrogen) atoms. The van der Waals surface area contributed by atoms with Gasteiger partial charge in [0.1, 0.15) is 12.1 Å². The largest absolute Gasteiger partial charge is 0.303 e. The van der Waals surface area contributed by atoms with E-state index in [-0.39, 0.29) is 11.3 Å². The van der Waals surface area contributed by atoms with Crippen molar-refractivity contribution >= 4 is 12.1 Å². The minimum atomic E-state index is -0.227. The van der Waals surface area contributed by atoms with Crippen molar-refractivity contribution in [2.45, 2.75) is 38.5 Å². The predicted molar refractivity (Wildman–Crippen MR) is 44.7 cm³/mol. The van der Waals surface area contributed by atoms with Gasteiger partial charge in [0, 0.05) is 17.8 Å². The zero-order valence-electron chi connectivity index (χ0n) is 7.21. The van der Waals surface area contributed by atoms with E-state index in [1.165, 1.54) is 0 Å². The van der Waals surface area contributed by atoms with Gasteiger partial charge in [-0.15, -0.1) is 0 Å². The van der Waals surface area contributed by atoms with Gasteiger partial charge in [-0.3, -0.25) is 4.79 Å². The number of ketones is 1. The van der Waals surface area contributed by atoms with Gasteiger partial charge in [0.25, 0.3) is 0 Å². The van der Waals surface area contributed by atoms with E-state index in [0.29, 0.717) is 12.2 Å². The fraction of sp³-hybridized carbons (Fsp3) is 0.800. The van der Waals surface area contributed by atoms with Gasteiger partial charge in [0.05, 0.1) is 0 Å². The third-order valence-electron chi connectivity index (χ3n) is 3.52. The number of carbonyl (C=O) groups excluding carboxylic acids is 2. The first kappa shape index (κ1) is 7.96. The Labute approximate surface area is 72.3 Å². The summed E-state index contributed by atoms with van der Waals surface area (Å²) < 4.78 is 0. The average molecular weight is 166 g/mol. The van der Waals surface area contributed by atoms with Crippen LogP contribution in [0.1, 0.15) is 38.5 Å². The first-order chi connectivity index (χ1) is 5.78. The number of hydrogen-bond acceptors (Lipinski definition) is 2. The molecule has 0 saturated heterocycles. The second-order valence-electron chi connectivity index (χ2n) is 4.12. The van der Waals surface area contributed by atoms with Crippen molar-refractivity contribution in [3.8, 4) is 0 Å². The van der Waals surface area contributed by atoms with Crippen LogP contribution >= 0.6 is 0 Å². The molecule has 0 aromatic heterocycles. The van der Waals surface area contributed by atoms with E-state index < -0.39 is 0 Å². The molecule has 2 aliphatic carbocycles. The molecule has 2 fully saturated rings. The third kappa shape index (κ3) is 0.936. The van der Waals surface area contributed by atoms with E-state index in [4.69, 9.17) is 0 Å². The Bertz CT molecular complexity index is 222. The summed E-state index contributed by atoms with van der Waals surface area (Å²) in [6, 6.07) is 0. The fourth-order valence-corrected chi connectivity index (χ4v) is 2.84. The summed E-state index contributed by atoms with van der Waals surface area (Å²) in [5.74, 6) is 0.426. The molecule has 2 unspecified atom stereocenters. The maximum Gasteiger partial charge on any atom is 0.136 e. The van der Waals surface area contributed by atoms with E-state index in [9.17, 15) is 9.59 Å². The van der Waals surface area contributed by atoms with Gasteiger partial charge in [-0.2, -0.15) is 0 Å². The molecule has 2 aliphatic rings. The number of aldehydes is 1. The normalized spacial score (nSPS) is 41.0. The Balaban J connectivity index is 2.28. The van der Waals surface area contributed by atoms with Gasteiger partial charge in [-0.25, -0.2) is 0 Å². The van der Waals surface area contributed by atoms with E-state index in [1.807, 2.05) is 0 Å². The van der Waals surface area contributed by atoms with E-state index in [0.717, 1.165) is 38.4 Å². The van der Waals surface area contributed by atoms with Crippen LogP contribution in [0.25, 0.3) is 0 Å². The van der Waals surface area contributed by atoms with Gasteiger partial charge >= 0.3 is 0 Å². The molecular formula is C10H14O2. The molecule has 0 aromatic rings. The summed E-state index contributed by atoms with van der Waals surface area (Å²) in [5.41, 5.74) is -0.227. The van der Waals surface area contributed by atoms with Crippen LogP contribution in [0.15, 0.2) is 0 Å². The minimum Gasteiger partial charge on any atom is -0.303 e. The predicted octanol–water partition coefficient (Wildman–Crippen LogP) is 1.72. The molecule has 66 valence electrons. The van der Waals surface area contributed by atoms with E-state index >= 15 is 0 Å². The molecule has 0 spiro atoms. The van der Waals surface area contributed by atoms with E-state index in [1.54, 1.807) is 0 Å². The van der Waals surface area contributed by atoms with Gasteiger partial charge < -0.3 is 4.79 Å². The maximum absolute atomic E-state index is 11.5. The third-order valence-corrected chi connectivity index (χ3v) is 3.52. The number of hydrogen-bond donors (Lipinski definition) is 0. The van der Waals surface area contributed by atoms with E-state index in [2.05, 4.69) is 0 Å². The van der Waals surface area contributed by atoms with Crippen molar-refractivity contribution in [3.05, 3.63) is 0 Å². The topological polar surface area (TPSA) is 34.1 Å². The summed E-state index contributed by atoms with van der Waals surface area (Å²) >= 11 is 0. The lowest BCUT2D eigenvalue weighted by atomic mass is 9.69. The highest BCUT2D eigenvalue weighted by atomic mass is 16.1. The lowest BCUT2D eigenvalue weighted by Crippen LogP contribution is -2.36. The molecule has 0 bridgehead atoms. The molecule has 2 nitrogen and oxygen atoms in total. The second-order valence-corrected chi connectivity index (χ2v) is 4.12. The molecule has 0 aliphatic heterocycles. The number of Topliss-reactive ketones (excluding diaryl/α,β-unsaturated/α-hetero) is 1. The summed E-state index contributed by atoms with van der Waals surface area (Å²) in [6.45, 7) is 0. The number of rotatable bonds is 1. The molecule has 0 aromatic carbocycles. The van der Waals surface area contributed by atoms with Crippen molar-refractivity contribution < 1.29 is 9.59 Å². The second kappa shape index (κ2) is 2.68. The summed E-state index contributed by atoms with van der Waals surface area (Å²) in [6.07, 6.45) is 6.61. The van der Waals surface area contributed by atoms with Crippen LogP contribution in [0, 0.1) is 11.3 Å². The van der Waals surface area contributed by atoms with Gasteiger partial charge in [-0.05, 0) is 25.7 Å². The molecule has 0 N–H and O–H groups in total. The summed E-state index contributed by atoms with van der Waals surface area (Å²) in [5, 5.41) is 0. The lowest BCUT2D eigenvalue weighted by Gasteiger charge is -2.33. The Morgan fingerprint density at radius 2 is 2.08 bits per heavy atom. The first-order valence-electron chi connectivity index (χ1n) is 4.77. The highest BCUT2D eigenvalue weighted by Crippen LogP contribution is 2.49. The van der Waals surface area contributed by atoms with Gasteiger partial charge in [0.2, 0.25) is 0 Å². The SMILES string of the molecule is O=CC12CCCC(=O)C1CCC2. The highest BCUT2D eigenvalue weighted by Gasteiger charge is 2.48. The average Bonchev–Trinajstić information content (AvgIpc) is 2.50. The Morgan fingerprint density at radius 3 is 2.75 bits per heavy atom. The number of carbonyl (C=O) groups is 2. The van der Waals surface area contributed by atoms with Crippen molar-refractivity contribution in [1.29, 1.82) is 0 Å². The van der Waals surface area contributed by atoms with Gasteiger partial charge in [0.15, 0.2) is 0 Å². The molecule has 0 radical (unpaired) electrons. The first-order valence-corrected chi connectivity index (χ1v) is 4.77.